The topological polar surface area (TPSA) is 58.2 Å². The third kappa shape index (κ3) is 5.14. The van der Waals surface area contributed by atoms with E-state index >= 15 is 0 Å². The molecule has 1 saturated carbocycles. The van der Waals surface area contributed by atoms with Crippen LogP contribution < -0.4 is 10.0 Å². The van der Waals surface area contributed by atoms with Gasteiger partial charge in [-0.2, -0.15) is 0 Å². The molecule has 2 N–H and O–H groups in total. The maximum Gasteiger partial charge on any atom is 0.214 e. The van der Waals surface area contributed by atoms with Crippen molar-refractivity contribution in [1.29, 1.82) is 0 Å². The molecule has 0 aliphatic heterocycles. The van der Waals surface area contributed by atoms with E-state index in [0.29, 0.717) is 5.92 Å². The van der Waals surface area contributed by atoms with Gasteiger partial charge < -0.3 is 5.32 Å². The van der Waals surface area contributed by atoms with E-state index in [1.54, 1.807) is 13.8 Å². The summed E-state index contributed by atoms with van der Waals surface area (Å²) in [5, 5.41) is 3.80. The second-order valence-corrected chi connectivity index (χ2v) is 9.02. The minimum atomic E-state index is -3.15. The molecule has 0 spiro atoms. The molecule has 0 heterocycles. The maximum atomic E-state index is 11.9. The summed E-state index contributed by atoms with van der Waals surface area (Å²) in [5.74, 6) is 0.593. The lowest BCUT2D eigenvalue weighted by Gasteiger charge is -2.29. The summed E-state index contributed by atoms with van der Waals surface area (Å²) < 4.78 is 26.6. The van der Waals surface area contributed by atoms with Gasteiger partial charge in [0, 0.05) is 23.3 Å². The molecule has 0 bridgehead atoms. The number of hydrogen-bond donors (Lipinski definition) is 2. The fraction of sp³-hybridized carbons (Fsp3) is 0.625. The Kier molecular flexibility index (Phi) is 6.12. The Balaban J connectivity index is 1.74. The minimum absolute atomic E-state index is 0.0965. The number of benzene rings is 1. The van der Waals surface area contributed by atoms with Gasteiger partial charge in [-0.3, -0.25) is 0 Å². The van der Waals surface area contributed by atoms with Crippen molar-refractivity contribution in [2.45, 2.75) is 50.8 Å². The molecule has 1 aliphatic rings. The van der Waals surface area contributed by atoms with Crippen molar-refractivity contribution in [2.75, 3.05) is 11.9 Å². The monoisotopic (exact) mass is 344 g/mol. The summed E-state index contributed by atoms with van der Waals surface area (Å²) in [6.45, 7) is 4.35. The average Bonchev–Trinajstić information content (AvgIpc) is 2.48. The Labute approximate surface area is 138 Å². The van der Waals surface area contributed by atoms with Crippen molar-refractivity contribution in [2.24, 2.45) is 5.92 Å². The zero-order valence-corrected chi connectivity index (χ0v) is 14.8. The molecule has 6 heteroatoms. The van der Waals surface area contributed by atoms with E-state index in [9.17, 15) is 8.42 Å². The number of rotatable bonds is 6. The smallest absolute Gasteiger partial charge is 0.214 e. The molecule has 0 aromatic heterocycles. The number of halogens is 1. The van der Waals surface area contributed by atoms with Crippen LogP contribution in [0.5, 0.6) is 0 Å². The predicted octanol–water partition coefficient (Wildman–Crippen LogP) is 3.64. The highest BCUT2D eigenvalue weighted by atomic mass is 35.5. The molecule has 1 aromatic rings. The molecular weight excluding hydrogens is 320 g/mol. The van der Waals surface area contributed by atoms with Crippen LogP contribution in [0.3, 0.4) is 0 Å². The fourth-order valence-corrected chi connectivity index (χ4v) is 3.78. The molecule has 2 rings (SSSR count). The summed E-state index contributed by atoms with van der Waals surface area (Å²) >= 11 is 5.87. The predicted molar refractivity (Wildman–Crippen MR) is 92.9 cm³/mol. The first-order valence-electron chi connectivity index (χ1n) is 7.87. The van der Waals surface area contributed by atoms with Gasteiger partial charge in [0.1, 0.15) is 0 Å². The molecular formula is C16H25ClN2O2S. The van der Waals surface area contributed by atoms with Crippen molar-refractivity contribution in [3.63, 3.8) is 0 Å². The van der Waals surface area contributed by atoms with Crippen molar-refractivity contribution >= 4 is 27.3 Å². The van der Waals surface area contributed by atoms with Gasteiger partial charge in [0.05, 0.1) is 5.25 Å². The van der Waals surface area contributed by atoms with Gasteiger partial charge in [0.15, 0.2) is 0 Å². The van der Waals surface area contributed by atoms with E-state index in [4.69, 9.17) is 11.6 Å². The Morgan fingerprint density at radius 2 is 1.73 bits per heavy atom. The van der Waals surface area contributed by atoms with Gasteiger partial charge >= 0.3 is 0 Å². The fourth-order valence-electron chi connectivity index (χ4n) is 2.68. The van der Waals surface area contributed by atoms with Crippen LogP contribution in [0.25, 0.3) is 0 Å². The van der Waals surface area contributed by atoms with Crippen LogP contribution in [0.4, 0.5) is 5.69 Å². The van der Waals surface area contributed by atoms with E-state index in [-0.39, 0.29) is 11.3 Å². The van der Waals surface area contributed by atoms with Crippen LogP contribution in [0, 0.1) is 5.92 Å². The Bertz CT molecular complexity index is 564. The summed E-state index contributed by atoms with van der Waals surface area (Å²) in [4.78, 5) is 0. The first kappa shape index (κ1) is 17.6. The molecule has 1 aliphatic carbocycles. The zero-order chi connectivity index (χ0) is 16.2. The second kappa shape index (κ2) is 7.66. The largest absolute Gasteiger partial charge is 0.385 e. The van der Waals surface area contributed by atoms with Crippen LogP contribution in [0.15, 0.2) is 24.3 Å². The van der Waals surface area contributed by atoms with Gasteiger partial charge in [-0.1, -0.05) is 11.6 Å². The first-order valence-corrected chi connectivity index (χ1v) is 9.80. The molecule has 1 fully saturated rings. The molecule has 0 atom stereocenters. The maximum absolute atomic E-state index is 11.9. The SMILES string of the molecule is CC(C)S(=O)(=O)N[C@H]1CC[C@H](CNc2ccc(Cl)cc2)CC1. The lowest BCUT2D eigenvalue weighted by atomic mass is 9.86. The molecule has 0 radical (unpaired) electrons. The Hall–Kier alpha value is -0.780. The van der Waals surface area contributed by atoms with Crippen LogP contribution in [0.2, 0.25) is 5.02 Å². The van der Waals surface area contributed by atoms with Crippen LogP contribution >= 0.6 is 11.6 Å². The molecule has 0 amide bonds. The second-order valence-electron chi connectivity index (χ2n) is 6.32. The van der Waals surface area contributed by atoms with Crippen molar-refractivity contribution in [1.82, 2.24) is 4.72 Å². The molecule has 4 nitrogen and oxygen atoms in total. The molecule has 22 heavy (non-hydrogen) atoms. The van der Waals surface area contributed by atoms with Crippen molar-refractivity contribution in [3.8, 4) is 0 Å². The highest BCUT2D eigenvalue weighted by Crippen LogP contribution is 2.25. The Morgan fingerprint density at radius 1 is 1.14 bits per heavy atom. The van der Waals surface area contributed by atoms with Crippen LogP contribution in [0.1, 0.15) is 39.5 Å². The quantitative estimate of drug-likeness (QED) is 0.828. The summed E-state index contributed by atoms with van der Waals surface area (Å²) in [7, 11) is -3.15. The normalized spacial score (nSPS) is 22.7. The first-order chi connectivity index (χ1) is 10.4. The minimum Gasteiger partial charge on any atom is -0.385 e. The van der Waals surface area contributed by atoms with Gasteiger partial charge in [-0.05, 0) is 69.7 Å². The van der Waals surface area contributed by atoms with Crippen LogP contribution in [-0.2, 0) is 10.0 Å². The van der Waals surface area contributed by atoms with Crippen molar-refractivity contribution in [3.05, 3.63) is 29.3 Å². The molecule has 1 aromatic carbocycles. The molecule has 124 valence electrons. The van der Waals surface area contributed by atoms with E-state index in [0.717, 1.165) is 42.9 Å². The lowest BCUT2D eigenvalue weighted by Crippen LogP contribution is -2.41. The van der Waals surface area contributed by atoms with Gasteiger partial charge in [-0.25, -0.2) is 13.1 Å². The van der Waals surface area contributed by atoms with E-state index < -0.39 is 10.0 Å². The van der Waals surface area contributed by atoms with Crippen LogP contribution in [-0.4, -0.2) is 26.3 Å². The summed E-state index contributed by atoms with van der Waals surface area (Å²) in [6.07, 6.45) is 3.93. The lowest BCUT2D eigenvalue weighted by molar-refractivity contribution is 0.323. The van der Waals surface area contributed by atoms with E-state index in [1.807, 2.05) is 24.3 Å². The van der Waals surface area contributed by atoms with E-state index in [2.05, 4.69) is 10.0 Å². The highest BCUT2D eigenvalue weighted by Gasteiger charge is 2.26. The summed E-state index contributed by atoms with van der Waals surface area (Å²) in [5.41, 5.74) is 1.08. The van der Waals surface area contributed by atoms with Gasteiger partial charge in [0.25, 0.3) is 0 Å². The highest BCUT2D eigenvalue weighted by molar-refractivity contribution is 7.90. The number of sulfonamides is 1. The summed E-state index contributed by atoms with van der Waals surface area (Å²) in [6, 6.07) is 7.80. The zero-order valence-electron chi connectivity index (χ0n) is 13.2. The number of anilines is 1. The number of hydrogen-bond acceptors (Lipinski definition) is 3. The van der Waals surface area contributed by atoms with Gasteiger partial charge in [-0.15, -0.1) is 0 Å². The van der Waals surface area contributed by atoms with E-state index in [1.165, 1.54) is 0 Å². The van der Waals surface area contributed by atoms with Gasteiger partial charge in [0.2, 0.25) is 10.0 Å². The Morgan fingerprint density at radius 3 is 2.27 bits per heavy atom. The third-order valence-corrected chi connectivity index (χ3v) is 6.39. The molecule has 0 unspecified atom stereocenters. The third-order valence-electron chi connectivity index (χ3n) is 4.24. The number of nitrogens with one attached hydrogen (secondary N) is 2. The standard InChI is InChI=1S/C16H25ClN2O2S/c1-12(2)22(20,21)19-16-7-3-13(4-8-16)11-18-15-9-5-14(17)6-10-15/h5-6,9-10,12-13,16,18-19H,3-4,7-8,11H2,1-2H3/t13-,16-. The van der Waals surface area contributed by atoms with Crippen molar-refractivity contribution < 1.29 is 8.42 Å². The molecule has 0 saturated heterocycles. The average molecular weight is 345 g/mol.